The Labute approximate surface area is 62.9 Å². The van der Waals surface area contributed by atoms with E-state index < -0.39 is 0 Å². The Morgan fingerprint density at radius 3 is 3.10 bits per heavy atom. The maximum absolute atomic E-state index is 10.7. The number of hydrogen-bond acceptors (Lipinski definition) is 4. The number of nitrogens with two attached hydrogens (primary N) is 1. The largest absolute Gasteiger partial charge is 0.324 e. The van der Waals surface area contributed by atoms with Crippen LogP contribution in [0, 0.1) is 0 Å². The topological polar surface area (TPSA) is 56.0 Å². The minimum Gasteiger partial charge on any atom is -0.324 e. The summed E-state index contributed by atoms with van der Waals surface area (Å²) in [6.07, 6.45) is 0.375. The quantitative estimate of drug-likeness (QED) is 0.680. The first kappa shape index (κ1) is 7.37. The third kappa shape index (κ3) is 1.89. The zero-order chi connectivity index (χ0) is 7.40. The summed E-state index contributed by atoms with van der Waals surface area (Å²) in [5, 5.41) is 1.85. The van der Waals surface area contributed by atoms with Gasteiger partial charge in [0.1, 0.15) is 0 Å². The van der Waals surface area contributed by atoms with E-state index in [1.165, 1.54) is 11.3 Å². The van der Waals surface area contributed by atoms with E-state index in [1.807, 2.05) is 5.38 Å². The molecule has 0 atom stereocenters. The highest BCUT2D eigenvalue weighted by atomic mass is 32.1. The molecule has 4 heteroatoms. The molecule has 0 saturated heterocycles. The first-order valence-corrected chi connectivity index (χ1v) is 3.86. The van der Waals surface area contributed by atoms with Crippen LogP contribution in [0.4, 0.5) is 0 Å². The number of rotatable bonds is 3. The summed E-state index contributed by atoms with van der Waals surface area (Å²) in [5.41, 5.74) is 7.64. The molecule has 0 unspecified atom stereocenters. The van der Waals surface area contributed by atoms with Crippen LogP contribution in [0.5, 0.6) is 0 Å². The lowest BCUT2D eigenvalue weighted by Crippen LogP contribution is -2.15. The lowest BCUT2D eigenvalue weighted by molar-refractivity contribution is -0.117. The van der Waals surface area contributed by atoms with Crippen LogP contribution in [0.3, 0.4) is 0 Å². The first-order chi connectivity index (χ1) is 4.83. The predicted molar refractivity (Wildman–Crippen MR) is 39.9 cm³/mol. The number of Topliss-reactive ketones (excluding diaryl/α,β-unsaturated/α-hetero) is 1. The first-order valence-electron chi connectivity index (χ1n) is 2.91. The SMILES string of the molecule is NCC(=O)Cc1cscn1. The van der Waals surface area contributed by atoms with Crippen molar-refractivity contribution in [3.05, 3.63) is 16.6 Å². The number of carbonyl (C=O) groups excluding carboxylic acids is 1. The molecule has 0 aliphatic heterocycles. The lowest BCUT2D eigenvalue weighted by atomic mass is 10.2. The minimum atomic E-state index is 0.0332. The van der Waals surface area contributed by atoms with E-state index in [2.05, 4.69) is 4.98 Å². The van der Waals surface area contributed by atoms with Crippen LogP contribution in [0.15, 0.2) is 10.9 Å². The summed E-state index contributed by atoms with van der Waals surface area (Å²) in [5.74, 6) is 0.0332. The molecular weight excluding hydrogens is 148 g/mol. The molecule has 3 nitrogen and oxygen atoms in total. The fourth-order valence-corrected chi connectivity index (χ4v) is 1.16. The number of carbonyl (C=O) groups is 1. The summed E-state index contributed by atoms with van der Waals surface area (Å²) in [4.78, 5) is 14.7. The average molecular weight is 156 g/mol. The van der Waals surface area contributed by atoms with Crippen LogP contribution in [-0.2, 0) is 11.2 Å². The summed E-state index contributed by atoms with van der Waals surface area (Å²) in [6.45, 7) is 0.109. The van der Waals surface area contributed by atoms with Gasteiger partial charge in [0.2, 0.25) is 0 Å². The molecule has 0 aromatic carbocycles. The Bertz CT molecular complexity index is 208. The highest BCUT2D eigenvalue weighted by molar-refractivity contribution is 7.07. The fourth-order valence-electron chi connectivity index (χ4n) is 0.599. The van der Waals surface area contributed by atoms with Gasteiger partial charge < -0.3 is 5.73 Å². The van der Waals surface area contributed by atoms with Gasteiger partial charge in [-0.3, -0.25) is 4.79 Å². The lowest BCUT2D eigenvalue weighted by Gasteiger charge is -1.90. The molecule has 1 heterocycles. The van der Waals surface area contributed by atoms with Gasteiger partial charge in [0, 0.05) is 5.38 Å². The van der Waals surface area contributed by atoms with Gasteiger partial charge >= 0.3 is 0 Å². The van der Waals surface area contributed by atoms with Gasteiger partial charge in [0.15, 0.2) is 5.78 Å². The Morgan fingerprint density at radius 2 is 2.60 bits per heavy atom. The maximum Gasteiger partial charge on any atom is 0.152 e. The van der Waals surface area contributed by atoms with Crippen LogP contribution in [0.25, 0.3) is 0 Å². The van der Waals surface area contributed by atoms with Gasteiger partial charge in [-0.2, -0.15) is 0 Å². The van der Waals surface area contributed by atoms with Crippen molar-refractivity contribution < 1.29 is 4.79 Å². The molecule has 0 spiro atoms. The molecule has 0 amide bonds. The minimum absolute atomic E-state index is 0.0332. The second-order valence-electron chi connectivity index (χ2n) is 1.90. The van der Waals surface area contributed by atoms with Crippen LogP contribution in [-0.4, -0.2) is 17.3 Å². The average Bonchev–Trinajstić information content (AvgIpc) is 2.40. The van der Waals surface area contributed by atoms with Crippen molar-refractivity contribution in [2.24, 2.45) is 5.73 Å². The Hall–Kier alpha value is -0.740. The molecule has 0 radical (unpaired) electrons. The molecule has 54 valence electrons. The smallest absolute Gasteiger partial charge is 0.152 e. The molecule has 0 saturated carbocycles. The van der Waals surface area contributed by atoms with E-state index in [4.69, 9.17) is 5.73 Å². The van der Waals surface area contributed by atoms with E-state index in [1.54, 1.807) is 5.51 Å². The van der Waals surface area contributed by atoms with Gasteiger partial charge in [-0.1, -0.05) is 0 Å². The normalized spacial score (nSPS) is 9.70. The highest BCUT2D eigenvalue weighted by Gasteiger charge is 2.01. The van der Waals surface area contributed by atoms with Crippen molar-refractivity contribution in [2.45, 2.75) is 6.42 Å². The van der Waals surface area contributed by atoms with Gasteiger partial charge in [0.25, 0.3) is 0 Å². The zero-order valence-corrected chi connectivity index (χ0v) is 6.23. The van der Waals surface area contributed by atoms with E-state index in [0.29, 0.717) is 6.42 Å². The fraction of sp³-hybridized carbons (Fsp3) is 0.333. The molecule has 1 rings (SSSR count). The number of thiazole rings is 1. The zero-order valence-electron chi connectivity index (χ0n) is 5.41. The van der Waals surface area contributed by atoms with Gasteiger partial charge in [-0.15, -0.1) is 11.3 Å². The monoisotopic (exact) mass is 156 g/mol. The maximum atomic E-state index is 10.7. The number of aromatic nitrogens is 1. The van der Waals surface area contributed by atoms with E-state index >= 15 is 0 Å². The third-order valence-electron chi connectivity index (χ3n) is 1.09. The molecule has 2 N–H and O–H groups in total. The molecule has 0 bridgehead atoms. The Morgan fingerprint density at radius 1 is 1.80 bits per heavy atom. The van der Waals surface area contributed by atoms with Crippen LogP contribution in [0.2, 0.25) is 0 Å². The molecule has 0 aliphatic carbocycles. The molecule has 0 fully saturated rings. The van der Waals surface area contributed by atoms with Gasteiger partial charge in [-0.25, -0.2) is 4.98 Å². The summed E-state index contributed by atoms with van der Waals surface area (Å²) >= 11 is 1.49. The van der Waals surface area contributed by atoms with Crippen molar-refractivity contribution in [1.82, 2.24) is 4.98 Å². The second-order valence-corrected chi connectivity index (χ2v) is 2.62. The molecular formula is C6H8N2OS. The van der Waals surface area contributed by atoms with Gasteiger partial charge in [-0.05, 0) is 0 Å². The summed E-state index contributed by atoms with van der Waals surface area (Å²) in [6, 6.07) is 0. The van der Waals surface area contributed by atoms with E-state index in [-0.39, 0.29) is 12.3 Å². The Balaban J connectivity index is 2.48. The van der Waals surface area contributed by atoms with Gasteiger partial charge in [0.05, 0.1) is 24.2 Å². The number of ketones is 1. The summed E-state index contributed by atoms with van der Waals surface area (Å²) in [7, 11) is 0. The van der Waals surface area contributed by atoms with E-state index in [0.717, 1.165) is 5.69 Å². The summed E-state index contributed by atoms with van der Waals surface area (Å²) < 4.78 is 0. The third-order valence-corrected chi connectivity index (χ3v) is 1.72. The molecule has 1 aromatic heterocycles. The van der Waals surface area contributed by atoms with Crippen LogP contribution < -0.4 is 5.73 Å². The highest BCUT2D eigenvalue weighted by Crippen LogP contribution is 2.01. The predicted octanol–water partition coefficient (Wildman–Crippen LogP) is 0.213. The van der Waals surface area contributed by atoms with Crippen molar-refractivity contribution >= 4 is 17.1 Å². The standard InChI is InChI=1S/C6H8N2OS/c7-2-6(9)1-5-3-10-4-8-5/h3-4H,1-2,7H2. The molecule has 0 aliphatic rings. The Kier molecular flexibility index (Phi) is 2.53. The van der Waals surface area contributed by atoms with E-state index in [9.17, 15) is 4.79 Å². The van der Waals surface area contributed by atoms with Crippen molar-refractivity contribution in [3.63, 3.8) is 0 Å². The number of nitrogens with zero attached hydrogens (tertiary/aromatic N) is 1. The van der Waals surface area contributed by atoms with Crippen molar-refractivity contribution in [2.75, 3.05) is 6.54 Å². The van der Waals surface area contributed by atoms with Crippen LogP contribution in [0.1, 0.15) is 5.69 Å². The second kappa shape index (κ2) is 3.43. The number of hydrogen-bond donors (Lipinski definition) is 1. The van der Waals surface area contributed by atoms with Crippen molar-refractivity contribution in [1.29, 1.82) is 0 Å². The van der Waals surface area contributed by atoms with Crippen LogP contribution >= 0.6 is 11.3 Å². The molecule has 1 aromatic rings. The molecule has 10 heavy (non-hydrogen) atoms. The van der Waals surface area contributed by atoms with Crippen molar-refractivity contribution in [3.8, 4) is 0 Å².